The van der Waals surface area contributed by atoms with E-state index in [1.807, 2.05) is 0 Å². The van der Waals surface area contributed by atoms with Crippen molar-refractivity contribution in [2.75, 3.05) is 13.8 Å². The van der Waals surface area contributed by atoms with Gasteiger partial charge in [0.05, 0.1) is 17.7 Å². The van der Waals surface area contributed by atoms with Gasteiger partial charge in [-0.1, -0.05) is 29.4 Å². The number of hydrogen-bond donors (Lipinski definition) is 1. The van der Waals surface area contributed by atoms with Crippen molar-refractivity contribution in [2.45, 2.75) is 12.1 Å². The molecule has 8 heteroatoms. The van der Waals surface area contributed by atoms with Gasteiger partial charge in [0.15, 0.2) is 5.75 Å². The number of nitrogens with zero attached hydrogens (tertiary/aromatic N) is 3. The van der Waals surface area contributed by atoms with Crippen LogP contribution in [0.25, 0.3) is 21.6 Å². The van der Waals surface area contributed by atoms with E-state index in [-0.39, 0.29) is 5.56 Å². The number of aromatic hydroxyl groups is 1. The van der Waals surface area contributed by atoms with Crippen LogP contribution >= 0.6 is 0 Å². The maximum atomic E-state index is 12.9. The minimum absolute atomic E-state index is 0.0393. The average molecular weight is 305 g/mol. The summed E-state index contributed by atoms with van der Waals surface area (Å²) < 4.78 is 18.1. The third kappa shape index (κ3) is 2.57. The van der Waals surface area contributed by atoms with E-state index in [1.165, 1.54) is 19.2 Å². The summed E-state index contributed by atoms with van der Waals surface area (Å²) in [6.45, 7) is -0.886. The highest BCUT2D eigenvalue weighted by atomic mass is 19.1. The minimum atomic E-state index is -1.01. The van der Waals surface area contributed by atoms with Crippen molar-refractivity contribution in [1.82, 2.24) is 0 Å². The molecule has 0 aromatic heterocycles. The number of methoxy groups -OCH3 is 1. The third-order valence-electron chi connectivity index (χ3n) is 3.37. The van der Waals surface area contributed by atoms with E-state index < -0.39 is 35.4 Å². The van der Waals surface area contributed by atoms with Crippen LogP contribution in [0.2, 0.25) is 0 Å². The highest BCUT2D eigenvalue weighted by Gasteiger charge is 2.24. The van der Waals surface area contributed by atoms with Crippen LogP contribution in [-0.2, 0) is 4.74 Å². The molecule has 0 heterocycles. The predicted molar refractivity (Wildman–Crippen MR) is 77.1 cm³/mol. The molecule has 1 N–H and O–H groups in total. The largest absolute Gasteiger partial charge is 0.503 e. The average Bonchev–Trinajstić information content (AvgIpc) is 2.55. The van der Waals surface area contributed by atoms with Crippen molar-refractivity contribution in [3.05, 3.63) is 60.7 Å². The van der Waals surface area contributed by atoms with Crippen LogP contribution in [0.3, 0.4) is 0 Å². The normalized spacial score (nSPS) is 13.5. The zero-order chi connectivity index (χ0) is 16.3. The second-order valence-corrected chi connectivity index (χ2v) is 4.59. The lowest BCUT2D eigenvalue weighted by molar-refractivity contribution is 0.0722. The van der Waals surface area contributed by atoms with Gasteiger partial charge < -0.3 is 9.84 Å². The molecule has 0 bridgehead atoms. The van der Waals surface area contributed by atoms with Gasteiger partial charge in [0.2, 0.25) is 5.43 Å². The number of azide groups is 1. The second-order valence-electron chi connectivity index (χ2n) is 4.59. The summed E-state index contributed by atoms with van der Waals surface area (Å²) >= 11 is 0. The van der Waals surface area contributed by atoms with Gasteiger partial charge in [0.1, 0.15) is 6.67 Å². The number of rotatable bonds is 6. The maximum Gasteiger partial charge on any atom is 0.268 e. The van der Waals surface area contributed by atoms with Gasteiger partial charge in [-0.2, -0.15) is 0 Å². The van der Waals surface area contributed by atoms with E-state index in [4.69, 9.17) is 10.3 Å². The molecule has 7 nitrogen and oxygen atoms in total. The molecule has 2 aromatic rings. The Morgan fingerprint density at radius 1 is 1.32 bits per heavy atom. The predicted octanol–water partition coefficient (Wildman–Crippen LogP) is 1.99. The molecule has 0 saturated heterocycles. The number of alkyl halides is 1. The van der Waals surface area contributed by atoms with E-state index in [0.29, 0.717) is 11.1 Å². The summed E-state index contributed by atoms with van der Waals surface area (Å²) in [5.41, 5.74) is 7.66. The van der Waals surface area contributed by atoms with Crippen molar-refractivity contribution in [2.24, 2.45) is 5.11 Å². The monoisotopic (exact) mass is 305 g/mol. The smallest absolute Gasteiger partial charge is 0.268 e. The summed E-state index contributed by atoms with van der Waals surface area (Å²) in [4.78, 5) is 25.0. The van der Waals surface area contributed by atoms with Crippen LogP contribution in [0.15, 0.2) is 39.0 Å². The fraction of sp³-hybridized carbons (Fsp3) is 0.286. The van der Waals surface area contributed by atoms with Crippen LogP contribution < -0.4 is 10.9 Å². The molecule has 0 aliphatic carbocycles. The lowest BCUT2D eigenvalue weighted by Crippen LogP contribution is -2.31. The van der Waals surface area contributed by atoms with Crippen molar-refractivity contribution in [3.63, 3.8) is 0 Å². The van der Waals surface area contributed by atoms with Crippen LogP contribution in [0.5, 0.6) is 5.75 Å². The van der Waals surface area contributed by atoms with Gasteiger partial charge in [-0.25, -0.2) is 0 Å². The molecule has 2 rings (SSSR count). The van der Waals surface area contributed by atoms with E-state index in [2.05, 4.69) is 10.0 Å². The summed E-state index contributed by atoms with van der Waals surface area (Å²) in [6.07, 6.45) is -0.781. The first kappa shape index (κ1) is 15.7. The summed E-state index contributed by atoms with van der Waals surface area (Å²) in [5.74, 6) is -0.559. The Morgan fingerprint density at radius 2 is 1.95 bits per heavy atom. The molecular formula is C14H12FN3O4. The van der Waals surface area contributed by atoms with Crippen LogP contribution in [0, 0.1) is 0 Å². The second kappa shape index (κ2) is 6.38. The fourth-order valence-electron chi connectivity index (χ4n) is 2.24. The Balaban J connectivity index is 2.34. The number of benzene rings is 1. The van der Waals surface area contributed by atoms with E-state index in [1.54, 1.807) is 12.1 Å². The molecule has 0 radical (unpaired) electrons. The summed E-state index contributed by atoms with van der Waals surface area (Å²) in [6, 6.07) is 5.09. The summed E-state index contributed by atoms with van der Waals surface area (Å²) in [7, 11) is 1.36. The minimum Gasteiger partial charge on any atom is -0.503 e. The van der Waals surface area contributed by atoms with Crippen LogP contribution in [0.1, 0.15) is 11.7 Å². The lowest BCUT2D eigenvalue weighted by atomic mass is 9.96. The SMILES string of the molecule is CO[C@H](c1ccc(-c2c(O)c(=O)c2=O)cc1)[C@@H](CF)N=[N+]=[N-]. The van der Waals surface area contributed by atoms with Gasteiger partial charge in [-0.3, -0.25) is 14.0 Å². The standard InChI is InChI=1S/C14H12FN3O4/c1-22-14(9(6-15)17-18-16)8-4-2-7(3-5-8)10-11(19)13(21)12(10)20/h2-5,9,14,19H,6H2,1H3/t9-,14-/m1/s1. The van der Waals surface area contributed by atoms with Gasteiger partial charge in [0.25, 0.3) is 5.43 Å². The molecule has 0 fully saturated rings. The number of ether oxygens (including phenoxy) is 1. The molecule has 0 aliphatic heterocycles. The van der Waals surface area contributed by atoms with Gasteiger partial charge >= 0.3 is 0 Å². The molecular weight excluding hydrogens is 293 g/mol. The Hall–Kier alpha value is -2.70. The molecule has 0 amide bonds. The molecule has 2 aromatic carbocycles. The first-order valence-corrected chi connectivity index (χ1v) is 6.30. The molecule has 0 spiro atoms. The molecule has 114 valence electrons. The molecule has 0 saturated carbocycles. The zero-order valence-corrected chi connectivity index (χ0v) is 11.6. The Bertz CT molecular complexity index is 789. The van der Waals surface area contributed by atoms with Crippen molar-refractivity contribution in [3.8, 4) is 16.9 Å². The highest BCUT2D eigenvalue weighted by molar-refractivity contribution is 5.73. The molecule has 2 atom stereocenters. The number of hydrogen-bond acceptors (Lipinski definition) is 5. The van der Waals surface area contributed by atoms with Crippen LogP contribution in [-0.4, -0.2) is 24.9 Å². The van der Waals surface area contributed by atoms with Crippen molar-refractivity contribution in [1.29, 1.82) is 0 Å². The summed E-state index contributed by atoms with van der Waals surface area (Å²) in [5, 5.41) is 12.7. The van der Waals surface area contributed by atoms with Crippen LogP contribution in [0.4, 0.5) is 4.39 Å². The van der Waals surface area contributed by atoms with E-state index >= 15 is 0 Å². The van der Waals surface area contributed by atoms with Gasteiger partial charge in [0, 0.05) is 12.0 Å². The van der Waals surface area contributed by atoms with E-state index in [9.17, 15) is 19.1 Å². The highest BCUT2D eigenvalue weighted by Crippen LogP contribution is 2.28. The maximum absolute atomic E-state index is 12.9. The lowest BCUT2D eigenvalue weighted by Gasteiger charge is -2.20. The molecule has 22 heavy (non-hydrogen) atoms. The van der Waals surface area contributed by atoms with Gasteiger partial charge in [-0.15, -0.1) is 0 Å². The zero-order valence-electron chi connectivity index (χ0n) is 11.6. The molecule has 0 unspecified atom stereocenters. The number of halogens is 1. The van der Waals surface area contributed by atoms with E-state index in [0.717, 1.165) is 0 Å². The Morgan fingerprint density at radius 3 is 2.41 bits per heavy atom. The quantitative estimate of drug-likeness (QED) is 0.380. The van der Waals surface area contributed by atoms with Crippen molar-refractivity contribution >= 4 is 0 Å². The molecule has 0 aliphatic rings. The Kier molecular flexibility index (Phi) is 4.55. The first-order chi connectivity index (χ1) is 10.5. The van der Waals surface area contributed by atoms with Gasteiger partial charge in [-0.05, 0) is 16.7 Å². The third-order valence-corrected chi connectivity index (χ3v) is 3.37. The topological polar surface area (TPSA) is 112 Å². The Labute approximate surface area is 123 Å². The van der Waals surface area contributed by atoms with Crippen molar-refractivity contribution < 1.29 is 14.2 Å². The first-order valence-electron chi connectivity index (χ1n) is 6.30. The fourth-order valence-corrected chi connectivity index (χ4v) is 2.24.